The summed E-state index contributed by atoms with van der Waals surface area (Å²) < 4.78 is 11.2. The standard InChI is InChI=1S/C17H16BrN3O6/c1-3-27-15-13(18)8-11(9-14(15)26-2)17(23)20-19-16(22)10-5-4-6-12(7-10)21(24)25/h4-9H,3H2,1-2H3,(H,19,22)(H,20,23). The van der Waals surface area contributed by atoms with E-state index in [1.54, 1.807) is 0 Å². The molecule has 0 aliphatic heterocycles. The summed E-state index contributed by atoms with van der Waals surface area (Å²) in [7, 11) is 1.44. The third kappa shape index (κ3) is 4.94. The molecule has 2 N–H and O–H groups in total. The molecule has 9 nitrogen and oxygen atoms in total. The van der Waals surface area contributed by atoms with E-state index in [2.05, 4.69) is 26.8 Å². The van der Waals surface area contributed by atoms with E-state index >= 15 is 0 Å². The fourth-order valence-electron chi connectivity index (χ4n) is 2.15. The Balaban J connectivity index is 2.11. The number of nitro groups is 1. The lowest BCUT2D eigenvalue weighted by Crippen LogP contribution is -2.41. The molecule has 10 heteroatoms. The van der Waals surface area contributed by atoms with Gasteiger partial charge in [-0.25, -0.2) is 0 Å². The molecule has 0 aromatic heterocycles. The van der Waals surface area contributed by atoms with Crippen LogP contribution < -0.4 is 20.3 Å². The molecule has 0 unspecified atom stereocenters. The molecule has 0 atom stereocenters. The van der Waals surface area contributed by atoms with Crippen molar-refractivity contribution in [2.75, 3.05) is 13.7 Å². The number of carbonyl (C=O) groups is 2. The van der Waals surface area contributed by atoms with Crippen LogP contribution in [0.25, 0.3) is 0 Å². The molecule has 0 saturated carbocycles. The number of rotatable bonds is 6. The van der Waals surface area contributed by atoms with E-state index < -0.39 is 16.7 Å². The minimum absolute atomic E-state index is 0.0370. The molecule has 27 heavy (non-hydrogen) atoms. The van der Waals surface area contributed by atoms with Crippen molar-refractivity contribution in [2.45, 2.75) is 6.92 Å². The lowest BCUT2D eigenvalue weighted by molar-refractivity contribution is -0.384. The van der Waals surface area contributed by atoms with Crippen LogP contribution in [0.5, 0.6) is 11.5 Å². The van der Waals surface area contributed by atoms with Gasteiger partial charge in [-0.15, -0.1) is 0 Å². The molecule has 0 fully saturated rings. The first-order chi connectivity index (χ1) is 12.9. The number of halogens is 1. The number of nitro benzene ring substituents is 1. The van der Waals surface area contributed by atoms with Gasteiger partial charge < -0.3 is 9.47 Å². The van der Waals surface area contributed by atoms with Gasteiger partial charge in [-0.3, -0.25) is 30.6 Å². The summed E-state index contributed by atoms with van der Waals surface area (Å²) in [4.78, 5) is 34.5. The van der Waals surface area contributed by atoms with E-state index in [9.17, 15) is 19.7 Å². The summed E-state index contributed by atoms with van der Waals surface area (Å²) in [6, 6.07) is 8.12. The van der Waals surface area contributed by atoms with E-state index in [-0.39, 0.29) is 16.8 Å². The van der Waals surface area contributed by atoms with Crippen LogP contribution in [0.2, 0.25) is 0 Å². The minimum Gasteiger partial charge on any atom is -0.493 e. The monoisotopic (exact) mass is 437 g/mol. The molecule has 0 radical (unpaired) electrons. The fraction of sp³-hybridized carbons (Fsp3) is 0.176. The first kappa shape index (κ1) is 20.2. The predicted molar refractivity (Wildman–Crippen MR) is 99.9 cm³/mol. The van der Waals surface area contributed by atoms with Gasteiger partial charge in [0.1, 0.15) is 0 Å². The summed E-state index contributed by atoms with van der Waals surface area (Å²) in [5.74, 6) is -0.488. The molecule has 142 valence electrons. The zero-order valence-electron chi connectivity index (χ0n) is 14.4. The highest BCUT2D eigenvalue weighted by Gasteiger charge is 2.17. The third-order valence-corrected chi connectivity index (χ3v) is 3.98. The van der Waals surface area contributed by atoms with Crippen molar-refractivity contribution < 1.29 is 24.0 Å². The Morgan fingerprint density at radius 2 is 1.81 bits per heavy atom. The molecule has 0 aliphatic carbocycles. The van der Waals surface area contributed by atoms with Gasteiger partial charge in [0.25, 0.3) is 17.5 Å². The van der Waals surface area contributed by atoms with Gasteiger partial charge in [0.05, 0.1) is 23.1 Å². The first-order valence-electron chi connectivity index (χ1n) is 7.72. The molecule has 0 heterocycles. The van der Waals surface area contributed by atoms with Crippen LogP contribution in [0.3, 0.4) is 0 Å². The Morgan fingerprint density at radius 1 is 1.15 bits per heavy atom. The number of amides is 2. The van der Waals surface area contributed by atoms with Crippen molar-refractivity contribution in [2.24, 2.45) is 0 Å². The molecular weight excluding hydrogens is 422 g/mol. The normalized spacial score (nSPS) is 10.0. The van der Waals surface area contributed by atoms with E-state index in [1.165, 1.54) is 37.4 Å². The van der Waals surface area contributed by atoms with E-state index in [0.717, 1.165) is 6.07 Å². The molecule has 0 bridgehead atoms. The Morgan fingerprint density at radius 3 is 2.41 bits per heavy atom. The highest BCUT2D eigenvalue weighted by Crippen LogP contribution is 2.36. The van der Waals surface area contributed by atoms with Gasteiger partial charge in [-0.1, -0.05) is 6.07 Å². The average Bonchev–Trinajstić information content (AvgIpc) is 2.67. The molecular formula is C17H16BrN3O6. The third-order valence-electron chi connectivity index (χ3n) is 3.39. The molecule has 2 aromatic rings. The second kappa shape index (κ2) is 8.99. The summed E-state index contributed by atoms with van der Waals surface area (Å²) in [6.07, 6.45) is 0. The molecule has 0 saturated heterocycles. The Hall–Kier alpha value is -3.14. The van der Waals surface area contributed by atoms with Crippen LogP contribution in [0, 0.1) is 10.1 Å². The smallest absolute Gasteiger partial charge is 0.270 e. The lowest BCUT2D eigenvalue weighted by Gasteiger charge is -2.13. The minimum atomic E-state index is -0.691. The second-order valence-electron chi connectivity index (χ2n) is 5.14. The zero-order chi connectivity index (χ0) is 20.0. The number of nitrogens with zero attached hydrogens (tertiary/aromatic N) is 1. The molecule has 0 aliphatic rings. The van der Waals surface area contributed by atoms with Crippen molar-refractivity contribution in [3.05, 3.63) is 62.1 Å². The van der Waals surface area contributed by atoms with Crippen LogP contribution in [-0.4, -0.2) is 30.5 Å². The Bertz CT molecular complexity index is 887. The maximum absolute atomic E-state index is 12.3. The fourth-order valence-corrected chi connectivity index (χ4v) is 2.71. The van der Waals surface area contributed by atoms with Gasteiger partial charge in [0, 0.05) is 23.3 Å². The van der Waals surface area contributed by atoms with Gasteiger partial charge in [0.2, 0.25) is 0 Å². The highest BCUT2D eigenvalue weighted by molar-refractivity contribution is 9.10. The molecule has 0 spiro atoms. The number of hydrogen-bond donors (Lipinski definition) is 2. The topological polar surface area (TPSA) is 120 Å². The Kier molecular flexibility index (Phi) is 6.72. The number of carbonyl (C=O) groups excluding carboxylic acids is 2. The van der Waals surface area contributed by atoms with Gasteiger partial charge >= 0.3 is 0 Å². The van der Waals surface area contributed by atoms with Crippen LogP contribution in [0.4, 0.5) is 5.69 Å². The van der Waals surface area contributed by atoms with Crippen molar-refractivity contribution in [1.82, 2.24) is 10.9 Å². The van der Waals surface area contributed by atoms with Crippen molar-refractivity contribution >= 4 is 33.4 Å². The SMILES string of the molecule is CCOc1c(Br)cc(C(=O)NNC(=O)c2cccc([N+](=O)[O-])c2)cc1OC. The van der Waals surface area contributed by atoms with Crippen LogP contribution in [0.15, 0.2) is 40.9 Å². The van der Waals surface area contributed by atoms with Crippen molar-refractivity contribution in [3.8, 4) is 11.5 Å². The summed E-state index contributed by atoms with van der Waals surface area (Å²) in [6.45, 7) is 2.23. The van der Waals surface area contributed by atoms with Crippen molar-refractivity contribution in [3.63, 3.8) is 0 Å². The van der Waals surface area contributed by atoms with E-state index in [1.807, 2.05) is 6.92 Å². The first-order valence-corrected chi connectivity index (χ1v) is 8.52. The Labute approximate surface area is 162 Å². The van der Waals surface area contributed by atoms with Crippen LogP contribution in [-0.2, 0) is 0 Å². The zero-order valence-corrected chi connectivity index (χ0v) is 16.0. The van der Waals surface area contributed by atoms with Gasteiger partial charge in [0.15, 0.2) is 11.5 Å². The molecule has 2 amide bonds. The van der Waals surface area contributed by atoms with E-state index in [4.69, 9.17) is 9.47 Å². The van der Waals surface area contributed by atoms with Crippen molar-refractivity contribution in [1.29, 1.82) is 0 Å². The quantitative estimate of drug-likeness (QED) is 0.529. The van der Waals surface area contributed by atoms with Gasteiger partial charge in [-0.2, -0.15) is 0 Å². The number of ether oxygens (including phenoxy) is 2. The predicted octanol–water partition coefficient (Wildman–Crippen LogP) is 2.84. The number of nitrogens with one attached hydrogen (secondary N) is 2. The maximum Gasteiger partial charge on any atom is 0.270 e. The number of hydrazine groups is 1. The molecule has 2 rings (SSSR count). The largest absolute Gasteiger partial charge is 0.493 e. The van der Waals surface area contributed by atoms with E-state index in [0.29, 0.717) is 22.6 Å². The highest BCUT2D eigenvalue weighted by atomic mass is 79.9. The summed E-state index contributed by atoms with van der Waals surface area (Å²) >= 11 is 3.31. The summed E-state index contributed by atoms with van der Waals surface area (Å²) in [5.41, 5.74) is 4.48. The van der Waals surface area contributed by atoms with Crippen LogP contribution in [0.1, 0.15) is 27.6 Å². The van der Waals surface area contributed by atoms with Gasteiger partial charge in [-0.05, 0) is 41.1 Å². The number of non-ortho nitro benzene ring substituents is 1. The lowest BCUT2D eigenvalue weighted by atomic mass is 10.2. The van der Waals surface area contributed by atoms with Crippen LogP contribution >= 0.6 is 15.9 Å². The average molecular weight is 438 g/mol. The number of hydrogen-bond acceptors (Lipinski definition) is 6. The second-order valence-corrected chi connectivity index (χ2v) is 5.99. The molecule has 2 aromatic carbocycles. The maximum atomic E-state index is 12.3. The number of methoxy groups -OCH3 is 1. The number of benzene rings is 2. The summed E-state index contributed by atoms with van der Waals surface area (Å²) in [5, 5.41) is 10.8.